The van der Waals surface area contributed by atoms with E-state index in [1.54, 1.807) is 6.07 Å². The van der Waals surface area contributed by atoms with E-state index < -0.39 is 24.0 Å². The maximum atomic E-state index is 10.9. The van der Waals surface area contributed by atoms with Gasteiger partial charge < -0.3 is 15.5 Å². The predicted molar refractivity (Wildman–Crippen MR) is 59.3 cm³/mol. The summed E-state index contributed by atoms with van der Waals surface area (Å²) in [6.45, 7) is 3.06. The number of aliphatic carboxylic acids is 1. The standard InChI is InChI=1S/C10H13NO4S/c1-5-3-7(16-4-5)9(13)8(10(14)15)11-6(2)12/h3-4,8-9,13H,1-2H3,(H,11,12)(H,14,15). The Morgan fingerprint density at radius 3 is 2.50 bits per heavy atom. The minimum absolute atomic E-state index is 0.486. The highest BCUT2D eigenvalue weighted by molar-refractivity contribution is 7.10. The van der Waals surface area contributed by atoms with Crippen LogP contribution in [0, 0.1) is 6.92 Å². The van der Waals surface area contributed by atoms with Crippen molar-refractivity contribution in [3.8, 4) is 0 Å². The lowest BCUT2D eigenvalue weighted by atomic mass is 10.1. The summed E-state index contributed by atoms with van der Waals surface area (Å²) in [6.07, 6.45) is -1.22. The van der Waals surface area contributed by atoms with Crippen molar-refractivity contribution in [1.82, 2.24) is 5.32 Å². The van der Waals surface area contributed by atoms with Crippen molar-refractivity contribution in [3.05, 3.63) is 21.9 Å². The summed E-state index contributed by atoms with van der Waals surface area (Å²) in [5.41, 5.74) is 0.950. The van der Waals surface area contributed by atoms with Gasteiger partial charge in [0, 0.05) is 11.8 Å². The van der Waals surface area contributed by atoms with Crippen LogP contribution in [-0.4, -0.2) is 28.1 Å². The Morgan fingerprint density at radius 1 is 1.50 bits per heavy atom. The van der Waals surface area contributed by atoms with Gasteiger partial charge in [0.1, 0.15) is 6.10 Å². The molecule has 88 valence electrons. The molecule has 0 aliphatic carbocycles. The molecule has 1 heterocycles. The first-order valence-corrected chi connectivity index (χ1v) is 5.52. The number of hydrogen-bond acceptors (Lipinski definition) is 4. The molecule has 1 aromatic rings. The van der Waals surface area contributed by atoms with Gasteiger partial charge in [-0.25, -0.2) is 4.79 Å². The van der Waals surface area contributed by atoms with Crippen LogP contribution >= 0.6 is 11.3 Å². The molecule has 6 heteroatoms. The first-order valence-electron chi connectivity index (χ1n) is 4.65. The number of aryl methyl sites for hydroxylation is 1. The second-order valence-electron chi connectivity index (χ2n) is 3.49. The van der Waals surface area contributed by atoms with Crippen LogP contribution in [0.4, 0.5) is 0 Å². The Hall–Kier alpha value is -1.40. The molecular formula is C10H13NO4S. The number of rotatable bonds is 4. The highest BCUT2D eigenvalue weighted by Crippen LogP contribution is 2.24. The van der Waals surface area contributed by atoms with Gasteiger partial charge in [0.05, 0.1) is 0 Å². The second kappa shape index (κ2) is 5.09. The molecule has 1 rings (SSSR count). The van der Waals surface area contributed by atoms with Crippen molar-refractivity contribution in [2.24, 2.45) is 0 Å². The van der Waals surface area contributed by atoms with Crippen molar-refractivity contribution in [2.45, 2.75) is 26.0 Å². The van der Waals surface area contributed by atoms with Gasteiger partial charge in [-0.15, -0.1) is 11.3 Å². The molecule has 1 aromatic heterocycles. The molecule has 5 nitrogen and oxygen atoms in total. The van der Waals surface area contributed by atoms with E-state index in [4.69, 9.17) is 5.11 Å². The van der Waals surface area contributed by atoms with Crippen LogP contribution in [0.15, 0.2) is 11.4 Å². The van der Waals surface area contributed by atoms with E-state index in [1.165, 1.54) is 18.3 Å². The van der Waals surface area contributed by atoms with Crippen molar-refractivity contribution in [3.63, 3.8) is 0 Å². The summed E-state index contributed by atoms with van der Waals surface area (Å²) in [6, 6.07) is 0.392. The molecule has 1 amide bonds. The highest BCUT2D eigenvalue weighted by atomic mass is 32.1. The van der Waals surface area contributed by atoms with Gasteiger partial charge in [0.2, 0.25) is 5.91 Å². The summed E-state index contributed by atoms with van der Waals surface area (Å²) in [5.74, 6) is -1.74. The fourth-order valence-electron chi connectivity index (χ4n) is 1.27. The predicted octanol–water partition coefficient (Wildman–Crippen LogP) is 0.679. The van der Waals surface area contributed by atoms with E-state index in [2.05, 4.69) is 5.32 Å². The largest absolute Gasteiger partial charge is 0.480 e. The topological polar surface area (TPSA) is 86.6 Å². The van der Waals surface area contributed by atoms with Gasteiger partial charge in [-0.1, -0.05) is 0 Å². The van der Waals surface area contributed by atoms with Crippen LogP contribution in [0.3, 0.4) is 0 Å². The Labute approximate surface area is 96.7 Å². The molecule has 0 fully saturated rings. The number of aliphatic hydroxyl groups is 1. The lowest BCUT2D eigenvalue weighted by molar-refractivity contribution is -0.144. The zero-order valence-electron chi connectivity index (χ0n) is 8.93. The third-order valence-electron chi connectivity index (χ3n) is 1.98. The first-order chi connectivity index (χ1) is 7.41. The molecular weight excluding hydrogens is 230 g/mol. The van der Waals surface area contributed by atoms with Gasteiger partial charge >= 0.3 is 5.97 Å². The minimum atomic E-state index is -1.31. The lowest BCUT2D eigenvalue weighted by Gasteiger charge is -2.18. The smallest absolute Gasteiger partial charge is 0.329 e. The normalized spacial score (nSPS) is 14.2. The number of aliphatic hydroxyl groups excluding tert-OH is 1. The molecule has 0 aliphatic heterocycles. The Bertz CT molecular complexity index is 401. The average Bonchev–Trinajstić information content (AvgIpc) is 2.59. The number of thiophene rings is 1. The van der Waals surface area contributed by atoms with Gasteiger partial charge in [0.25, 0.3) is 0 Å². The molecule has 0 spiro atoms. The van der Waals surface area contributed by atoms with Gasteiger partial charge in [-0.2, -0.15) is 0 Å². The molecule has 16 heavy (non-hydrogen) atoms. The molecule has 0 aromatic carbocycles. The zero-order chi connectivity index (χ0) is 12.3. The van der Waals surface area contributed by atoms with E-state index in [-0.39, 0.29) is 0 Å². The number of carbonyl (C=O) groups excluding carboxylic acids is 1. The van der Waals surface area contributed by atoms with E-state index in [9.17, 15) is 14.7 Å². The maximum absolute atomic E-state index is 10.9. The van der Waals surface area contributed by atoms with Crippen molar-refractivity contribution in [2.75, 3.05) is 0 Å². The van der Waals surface area contributed by atoms with E-state index >= 15 is 0 Å². The number of carbonyl (C=O) groups is 2. The average molecular weight is 243 g/mol. The molecule has 3 N–H and O–H groups in total. The zero-order valence-corrected chi connectivity index (χ0v) is 9.75. The van der Waals surface area contributed by atoms with E-state index in [1.807, 2.05) is 12.3 Å². The maximum Gasteiger partial charge on any atom is 0.329 e. The van der Waals surface area contributed by atoms with Crippen molar-refractivity contribution >= 4 is 23.2 Å². The van der Waals surface area contributed by atoms with E-state index in [0.717, 1.165) is 5.56 Å². The number of carboxylic acids is 1. The summed E-state index contributed by atoms with van der Waals surface area (Å²) in [7, 11) is 0. The fourth-order valence-corrected chi connectivity index (χ4v) is 2.19. The highest BCUT2D eigenvalue weighted by Gasteiger charge is 2.29. The summed E-state index contributed by atoms with van der Waals surface area (Å²) < 4.78 is 0. The molecule has 0 saturated heterocycles. The van der Waals surface area contributed by atoms with Crippen molar-refractivity contribution in [1.29, 1.82) is 0 Å². The SMILES string of the molecule is CC(=O)NC(C(=O)O)C(O)c1cc(C)cs1. The van der Waals surface area contributed by atoms with Gasteiger partial charge in [-0.05, 0) is 23.9 Å². The van der Waals surface area contributed by atoms with Gasteiger partial charge in [-0.3, -0.25) is 4.79 Å². The number of hydrogen-bond donors (Lipinski definition) is 3. The van der Waals surface area contributed by atoms with Crippen LogP contribution < -0.4 is 5.32 Å². The minimum Gasteiger partial charge on any atom is -0.480 e. The second-order valence-corrected chi connectivity index (χ2v) is 4.43. The van der Waals surface area contributed by atoms with Gasteiger partial charge in [0.15, 0.2) is 6.04 Å². The summed E-state index contributed by atoms with van der Waals surface area (Å²) in [5, 5.41) is 22.7. The van der Waals surface area contributed by atoms with Crippen LogP contribution in [0.1, 0.15) is 23.5 Å². The van der Waals surface area contributed by atoms with E-state index in [0.29, 0.717) is 4.88 Å². The fraction of sp³-hybridized carbons (Fsp3) is 0.400. The van der Waals surface area contributed by atoms with Crippen molar-refractivity contribution < 1.29 is 19.8 Å². The Kier molecular flexibility index (Phi) is 4.03. The van der Waals surface area contributed by atoms with Crippen LogP contribution in [-0.2, 0) is 9.59 Å². The Balaban J connectivity index is 2.86. The third kappa shape index (κ3) is 3.04. The van der Waals surface area contributed by atoms with Crippen LogP contribution in [0.2, 0.25) is 0 Å². The van der Waals surface area contributed by atoms with Crippen LogP contribution in [0.5, 0.6) is 0 Å². The molecule has 0 saturated carbocycles. The number of nitrogens with one attached hydrogen (secondary N) is 1. The molecule has 2 unspecified atom stereocenters. The third-order valence-corrected chi connectivity index (χ3v) is 3.10. The molecule has 0 aliphatic rings. The monoisotopic (exact) mass is 243 g/mol. The first kappa shape index (κ1) is 12.7. The summed E-state index contributed by atoms with van der Waals surface area (Å²) in [4.78, 5) is 22.2. The Morgan fingerprint density at radius 2 is 2.12 bits per heavy atom. The number of amides is 1. The molecule has 0 radical (unpaired) electrons. The quantitative estimate of drug-likeness (QED) is 0.725. The lowest BCUT2D eigenvalue weighted by Crippen LogP contribution is -2.43. The summed E-state index contributed by atoms with van der Waals surface area (Å²) >= 11 is 1.27. The molecule has 2 atom stereocenters. The molecule has 0 bridgehead atoms. The number of carboxylic acid groups (broad SMARTS) is 1. The van der Waals surface area contributed by atoms with Crippen LogP contribution in [0.25, 0.3) is 0 Å².